The summed E-state index contributed by atoms with van der Waals surface area (Å²) >= 11 is 0. The molecule has 2 rings (SSSR count). The van der Waals surface area contributed by atoms with Crippen LogP contribution < -0.4 is 11.3 Å². The second-order valence-corrected chi connectivity index (χ2v) is 5.25. The molecule has 1 heterocycles. The van der Waals surface area contributed by atoms with Crippen LogP contribution in [0.1, 0.15) is 24.3 Å². The molecule has 1 unspecified atom stereocenters. The molecule has 3 N–H and O–H groups in total. The van der Waals surface area contributed by atoms with E-state index in [9.17, 15) is 4.79 Å². The lowest BCUT2D eigenvalue weighted by atomic mass is 9.96. The van der Waals surface area contributed by atoms with E-state index in [1.807, 2.05) is 30.3 Å². The normalized spacial score (nSPS) is 17.9. The number of carbonyl (C=O) groups is 1. The number of rotatable bonds is 5. The van der Waals surface area contributed by atoms with Crippen molar-refractivity contribution in [3.63, 3.8) is 0 Å². The Morgan fingerprint density at radius 1 is 1.40 bits per heavy atom. The number of carbonyl (C=O) groups excluding carboxylic acids is 1. The summed E-state index contributed by atoms with van der Waals surface area (Å²) in [6.07, 6.45) is 2.03. The molecule has 1 saturated heterocycles. The van der Waals surface area contributed by atoms with Crippen LogP contribution in [0.25, 0.3) is 0 Å². The summed E-state index contributed by atoms with van der Waals surface area (Å²) < 4.78 is 5.38. The largest absolute Gasteiger partial charge is 0.381 e. The zero-order valence-electron chi connectivity index (χ0n) is 11.9. The van der Waals surface area contributed by atoms with Crippen LogP contribution in [0.4, 0.5) is 0 Å². The third-order valence-electron chi connectivity index (χ3n) is 3.95. The third kappa shape index (κ3) is 3.79. The predicted molar refractivity (Wildman–Crippen MR) is 78.0 cm³/mol. The lowest BCUT2D eigenvalue weighted by molar-refractivity contribution is -0.123. The van der Waals surface area contributed by atoms with Gasteiger partial charge in [-0.3, -0.25) is 10.2 Å². The molecular formula is C15H23N3O2. The van der Waals surface area contributed by atoms with Crippen molar-refractivity contribution in [3.05, 3.63) is 35.9 Å². The number of ether oxygens (including phenoxy) is 1. The average molecular weight is 277 g/mol. The number of nitrogens with one attached hydrogen (secondary N) is 1. The molecule has 0 aliphatic carbocycles. The molecule has 0 radical (unpaired) electrons. The van der Waals surface area contributed by atoms with Crippen molar-refractivity contribution in [2.75, 3.05) is 26.8 Å². The van der Waals surface area contributed by atoms with E-state index in [1.54, 1.807) is 0 Å². The predicted octanol–water partition coefficient (Wildman–Crippen LogP) is 0.871. The Bertz CT molecular complexity index is 418. The van der Waals surface area contributed by atoms with Crippen LogP contribution >= 0.6 is 0 Å². The first-order valence-electron chi connectivity index (χ1n) is 7.05. The minimum absolute atomic E-state index is 0.143. The van der Waals surface area contributed by atoms with E-state index < -0.39 is 0 Å². The maximum atomic E-state index is 12.0. The maximum Gasteiger partial charge on any atom is 0.242 e. The molecule has 1 aliphatic rings. The minimum Gasteiger partial charge on any atom is -0.381 e. The molecule has 1 aliphatic heterocycles. The van der Waals surface area contributed by atoms with Gasteiger partial charge in [-0.25, -0.2) is 5.84 Å². The van der Waals surface area contributed by atoms with Crippen molar-refractivity contribution >= 4 is 5.91 Å². The van der Waals surface area contributed by atoms with Gasteiger partial charge in [-0.05, 0) is 25.5 Å². The van der Waals surface area contributed by atoms with Gasteiger partial charge in [0.25, 0.3) is 0 Å². The van der Waals surface area contributed by atoms with Crippen LogP contribution in [0, 0.1) is 0 Å². The Hall–Kier alpha value is -1.43. The summed E-state index contributed by atoms with van der Waals surface area (Å²) in [6, 6.07) is 10.3. The van der Waals surface area contributed by atoms with E-state index in [2.05, 4.69) is 17.4 Å². The van der Waals surface area contributed by atoms with Crippen molar-refractivity contribution in [3.8, 4) is 0 Å². The van der Waals surface area contributed by atoms with Crippen molar-refractivity contribution in [1.82, 2.24) is 10.3 Å². The molecule has 0 aromatic heterocycles. The number of nitrogens with two attached hydrogens (primary N) is 1. The van der Waals surface area contributed by atoms with Crippen LogP contribution in [0.2, 0.25) is 0 Å². The minimum atomic E-state index is -0.242. The summed E-state index contributed by atoms with van der Waals surface area (Å²) in [5, 5.41) is 0. The zero-order valence-corrected chi connectivity index (χ0v) is 11.9. The highest BCUT2D eigenvalue weighted by molar-refractivity contribution is 5.83. The highest BCUT2D eigenvalue weighted by Gasteiger charge is 2.25. The van der Waals surface area contributed by atoms with Gasteiger partial charge in [0.1, 0.15) is 0 Å². The maximum absolute atomic E-state index is 12.0. The van der Waals surface area contributed by atoms with Gasteiger partial charge in [-0.15, -0.1) is 0 Å². The van der Waals surface area contributed by atoms with Gasteiger partial charge in [0.05, 0.1) is 5.92 Å². The molecule has 1 aromatic carbocycles. The fourth-order valence-electron chi connectivity index (χ4n) is 2.69. The Morgan fingerprint density at radius 2 is 2.05 bits per heavy atom. The van der Waals surface area contributed by atoms with Crippen molar-refractivity contribution in [1.29, 1.82) is 0 Å². The lowest BCUT2D eigenvalue weighted by Gasteiger charge is -2.33. The van der Waals surface area contributed by atoms with Crippen molar-refractivity contribution in [2.45, 2.75) is 24.8 Å². The molecule has 0 spiro atoms. The van der Waals surface area contributed by atoms with Crippen LogP contribution in [0.5, 0.6) is 0 Å². The van der Waals surface area contributed by atoms with Crippen molar-refractivity contribution in [2.24, 2.45) is 5.84 Å². The van der Waals surface area contributed by atoms with Gasteiger partial charge >= 0.3 is 0 Å². The number of hydrogen-bond donors (Lipinski definition) is 2. The molecule has 1 fully saturated rings. The summed E-state index contributed by atoms with van der Waals surface area (Å²) in [7, 11) is 2.07. The second kappa shape index (κ2) is 7.38. The molecule has 1 atom stereocenters. The monoisotopic (exact) mass is 277 g/mol. The molecule has 1 aromatic rings. The summed E-state index contributed by atoms with van der Waals surface area (Å²) in [4.78, 5) is 14.3. The molecule has 5 heteroatoms. The summed E-state index contributed by atoms with van der Waals surface area (Å²) in [5.41, 5.74) is 3.28. The molecule has 0 bridgehead atoms. The van der Waals surface area contributed by atoms with Crippen molar-refractivity contribution < 1.29 is 9.53 Å². The fourth-order valence-corrected chi connectivity index (χ4v) is 2.69. The second-order valence-electron chi connectivity index (χ2n) is 5.25. The van der Waals surface area contributed by atoms with E-state index >= 15 is 0 Å². The Morgan fingerprint density at radius 3 is 2.65 bits per heavy atom. The zero-order chi connectivity index (χ0) is 14.4. The molecule has 20 heavy (non-hydrogen) atoms. The summed E-state index contributed by atoms with van der Waals surface area (Å²) in [5.74, 6) is 4.94. The number of hydrazine groups is 1. The molecule has 5 nitrogen and oxygen atoms in total. The third-order valence-corrected chi connectivity index (χ3v) is 3.95. The van der Waals surface area contributed by atoms with E-state index in [-0.39, 0.29) is 11.8 Å². The summed E-state index contributed by atoms with van der Waals surface area (Å²) in [6.45, 7) is 2.26. The van der Waals surface area contributed by atoms with Crippen LogP contribution in [-0.4, -0.2) is 43.7 Å². The first kappa shape index (κ1) is 15.0. The molecular weight excluding hydrogens is 254 g/mol. The van der Waals surface area contributed by atoms with Gasteiger partial charge in [-0.2, -0.15) is 0 Å². The molecule has 0 saturated carbocycles. The number of likely N-dealkylation sites (N-methyl/N-ethyl adjacent to an activating group) is 1. The topological polar surface area (TPSA) is 67.6 Å². The Balaban J connectivity index is 2.05. The number of benzene rings is 1. The van der Waals surface area contributed by atoms with Crippen LogP contribution in [0.15, 0.2) is 30.3 Å². The fraction of sp³-hybridized carbons (Fsp3) is 0.533. The lowest BCUT2D eigenvalue weighted by Crippen LogP contribution is -2.44. The highest BCUT2D eigenvalue weighted by atomic mass is 16.5. The smallest absolute Gasteiger partial charge is 0.242 e. The molecule has 1 amide bonds. The quantitative estimate of drug-likeness (QED) is 0.476. The average Bonchev–Trinajstić information content (AvgIpc) is 2.53. The van der Waals surface area contributed by atoms with E-state index in [1.165, 1.54) is 0 Å². The first-order chi connectivity index (χ1) is 9.72. The number of hydrogen-bond acceptors (Lipinski definition) is 4. The number of nitrogens with zero attached hydrogens (tertiary/aromatic N) is 1. The first-order valence-corrected chi connectivity index (χ1v) is 7.05. The van der Waals surface area contributed by atoms with Gasteiger partial charge in [0.2, 0.25) is 5.91 Å². The van der Waals surface area contributed by atoms with E-state index in [0.29, 0.717) is 12.6 Å². The van der Waals surface area contributed by atoms with Crippen LogP contribution in [-0.2, 0) is 9.53 Å². The van der Waals surface area contributed by atoms with Gasteiger partial charge in [0, 0.05) is 25.8 Å². The van der Waals surface area contributed by atoms with E-state index in [4.69, 9.17) is 10.6 Å². The SMILES string of the molecule is CN(CC(C(=O)NN)c1ccccc1)C1CCOCC1. The van der Waals surface area contributed by atoms with Gasteiger partial charge < -0.3 is 9.64 Å². The highest BCUT2D eigenvalue weighted by Crippen LogP contribution is 2.20. The Kier molecular flexibility index (Phi) is 5.52. The van der Waals surface area contributed by atoms with Gasteiger partial charge in [0.15, 0.2) is 0 Å². The Labute approximate surface area is 120 Å². The van der Waals surface area contributed by atoms with E-state index in [0.717, 1.165) is 31.6 Å². The number of amides is 1. The molecule has 110 valence electrons. The standard InChI is InChI=1S/C15H23N3O2/c1-18(13-7-9-20-10-8-13)11-14(15(19)17-16)12-5-3-2-4-6-12/h2-6,13-14H,7-11,16H2,1H3,(H,17,19). The van der Waals surface area contributed by atoms with Gasteiger partial charge in [-0.1, -0.05) is 30.3 Å². The van der Waals surface area contributed by atoms with Crippen LogP contribution in [0.3, 0.4) is 0 Å².